The predicted octanol–water partition coefficient (Wildman–Crippen LogP) is -3.32. The summed E-state index contributed by atoms with van der Waals surface area (Å²) < 4.78 is 0. The first-order chi connectivity index (χ1) is 71.8. The van der Waals surface area contributed by atoms with Crippen LogP contribution in [0.15, 0.2) is 193 Å². The molecule has 17 atom stereocenters. The fraction of sp³-hybridized carbons (Fsp3) is 0.359. The number of benzene rings is 7. The van der Waals surface area contributed by atoms with E-state index in [2.05, 4.69) is 105 Å². The van der Waals surface area contributed by atoms with Crippen molar-refractivity contribution in [1.82, 2.24) is 99.9 Å². The van der Waals surface area contributed by atoms with E-state index in [1.165, 1.54) is 86.3 Å². The fourth-order valence-corrected chi connectivity index (χ4v) is 18.2. The molecule has 13 rings (SSSR count). The Balaban J connectivity index is 0.782. The molecule has 18 amide bonds. The number of aliphatic imine (C=N–C) groups is 1. The monoisotopic (exact) mass is 2060 g/mol. The van der Waals surface area contributed by atoms with Crippen LogP contribution in [0.1, 0.15) is 104 Å². The smallest absolute Gasteiger partial charge is 0.326 e. The van der Waals surface area contributed by atoms with Crippen LogP contribution in [0.3, 0.4) is 0 Å². The number of carbonyl (C=O) groups excluding carboxylic acids is 18. The van der Waals surface area contributed by atoms with E-state index in [9.17, 15) is 83.1 Å². The zero-order valence-corrected chi connectivity index (χ0v) is 81.6. The molecule has 2 aromatic heterocycles. The number of anilines is 1. The highest BCUT2D eigenvalue weighted by molar-refractivity contribution is 6.04. The molecule has 0 saturated carbocycles. The number of amides is 18. The van der Waals surface area contributed by atoms with E-state index in [1.807, 2.05) is 0 Å². The number of phenolic OH excluding ortho intramolecular Hbond substituents is 3. The van der Waals surface area contributed by atoms with Crippen molar-refractivity contribution < 1.29 is 117 Å². The Bertz CT molecular complexity index is 6520. The van der Waals surface area contributed by atoms with Gasteiger partial charge in [0.2, 0.25) is 106 Å². The van der Waals surface area contributed by atoms with E-state index < -0.39 is 273 Å². The summed E-state index contributed by atoms with van der Waals surface area (Å²) >= 11 is 0. The number of phenols is 3. The zero-order valence-electron chi connectivity index (χ0n) is 81.6. The molecule has 16 unspecified atom stereocenters. The van der Waals surface area contributed by atoms with Crippen molar-refractivity contribution in [3.63, 3.8) is 0 Å². The number of nitrogens with one attached hydrogen (secondary N) is 19. The third-order valence-corrected chi connectivity index (χ3v) is 26.0. The molecular formula is C103H119N23O24. The third-order valence-electron chi connectivity index (χ3n) is 26.0. The number of aliphatic hydroxyl groups excluding tert-OH is 1. The molecule has 4 aliphatic heterocycles. The Morgan fingerprint density at radius 1 is 0.460 bits per heavy atom. The van der Waals surface area contributed by atoms with E-state index in [0.717, 1.165) is 17.4 Å². The standard InChI is InChI=1S/C103H119N23O24/c1-53-102(148)126-34-14-24-81(126)100(146)123-79(45-85(133)109-50-86(134)114-77(43-83(104)131)97(143)119-75(40-60-47-108-69-23-12-10-20-66(60)69)96(142)121-76(42-62-49-106-52-112-62)90(136)111-51-87(135)125-88(54(2)127)101(147)113-53)99(145)120-74(39-59-46-107-68-22-11-9-19-65(59)68)95(141)117-70(35-55-15-5-3-6-16-55)91(137)115-71(36-56-17-7-4-8-18-56)93(139)122-78(44-84(105)132)98(144)118-72(37-57-26-30-63(128)31-27-57)92(138)116-73(38-58-28-32-64(129)33-29-58)94(140)124-80(103(149)150)41-61-48-110-89-67(61)21-13-25-82(89)130/h3-13,15-23,25-33,46,48,52-54,60,62,70-81,88,107-108,110,127-130H,14,24,34-45,47,49-51H2,1-2H3,(H2,104,131)(H2,105,132)(H,106,112)(H,109,133)(H,111,136)(H,113,147)(H,114,134)(H,115,137)(H,116,138)(H,117,141)(H,118,144)(H,119,143)(H,120,145)(H,121,142)(H,122,139)(H,123,146)(H,124,140)(H,125,135)(H,149,150)/t53?,54-,60?,62?,70?,71?,72?,73?,74?,75?,76?,77?,78?,79?,80?,81?,88?/m1/s1. The number of aliphatic hydroxyl groups is 1. The van der Waals surface area contributed by atoms with Crippen molar-refractivity contribution >= 4 is 146 Å². The largest absolute Gasteiger partial charge is 0.508 e. The van der Waals surface area contributed by atoms with E-state index in [1.54, 1.807) is 115 Å². The molecule has 0 aliphatic carbocycles. The number of hydrogen-bond acceptors (Lipinski definition) is 26. The van der Waals surface area contributed by atoms with Gasteiger partial charge in [0.15, 0.2) is 0 Å². The first-order valence-corrected chi connectivity index (χ1v) is 48.6. The molecule has 790 valence electrons. The lowest BCUT2D eigenvalue weighted by Crippen LogP contribution is -2.62. The number of nitrogens with zero attached hydrogens (tertiary/aromatic N) is 2. The fourth-order valence-electron chi connectivity index (χ4n) is 18.2. The summed E-state index contributed by atoms with van der Waals surface area (Å²) in [5.74, 6) is -22.6. The van der Waals surface area contributed by atoms with Crippen LogP contribution >= 0.6 is 0 Å². The highest BCUT2D eigenvalue weighted by atomic mass is 16.4. The van der Waals surface area contributed by atoms with Crippen LogP contribution in [0, 0.1) is 0 Å². The van der Waals surface area contributed by atoms with Gasteiger partial charge in [-0.3, -0.25) is 91.3 Å². The molecule has 7 aromatic carbocycles. The SMILES string of the molecule is CC1NC(=O)C([C@@H](C)O)NC(=O)CNC(=O)C(CC2CNC=N2)NC(=O)C(CC2CNc3ccccc32)NC(=O)C(CC(N)=O)NC(=O)CNC(=O)CC(C(=O)NC(Cc2c[nH]c3ccccc23)C(=O)NC(Cc2ccccc2)C(=O)NC(Cc2ccccc2)C(=O)NC(CC(N)=O)C(=O)NC(Cc2ccc(O)cc2)C(=O)NC(Cc2ccc(O)cc2)C(=O)NC(Cc2c[nH]c3c(O)cccc23)C(=O)O)NC(=O)C2CCCN2C1=O. The van der Waals surface area contributed by atoms with Gasteiger partial charge in [0.1, 0.15) is 102 Å². The maximum atomic E-state index is 15.9. The Labute approximate surface area is 857 Å². The normalized spacial score (nSPS) is 20.6. The number of aromatic amines is 2. The lowest BCUT2D eigenvalue weighted by atomic mass is 9.93. The average molecular weight is 2060 g/mol. The molecular weight excluding hydrogens is 1940 g/mol. The first kappa shape index (κ1) is 109. The molecule has 150 heavy (non-hydrogen) atoms. The van der Waals surface area contributed by atoms with Gasteiger partial charge in [0.05, 0.1) is 56.4 Å². The minimum Gasteiger partial charge on any atom is -0.508 e. The van der Waals surface area contributed by atoms with Gasteiger partial charge in [-0.1, -0.05) is 133 Å². The minimum absolute atomic E-state index is 0.114. The third kappa shape index (κ3) is 30.2. The number of hydrogen-bond donors (Lipinski definition) is 26. The second kappa shape index (κ2) is 51.3. The first-order valence-electron chi connectivity index (χ1n) is 48.6. The Morgan fingerprint density at radius 3 is 1.53 bits per heavy atom. The molecule has 0 bridgehead atoms. The second-order valence-electron chi connectivity index (χ2n) is 37.2. The van der Waals surface area contributed by atoms with E-state index in [0.29, 0.717) is 49.8 Å². The maximum Gasteiger partial charge on any atom is 0.326 e. The summed E-state index contributed by atoms with van der Waals surface area (Å²) in [7, 11) is 0. The average Bonchev–Trinajstić information content (AvgIpc) is 1.63. The van der Waals surface area contributed by atoms with Gasteiger partial charge >= 0.3 is 5.97 Å². The van der Waals surface area contributed by atoms with Crippen LogP contribution < -0.4 is 102 Å². The highest BCUT2D eigenvalue weighted by Gasteiger charge is 2.44. The van der Waals surface area contributed by atoms with Crippen molar-refractivity contribution in [3.8, 4) is 17.2 Å². The van der Waals surface area contributed by atoms with Gasteiger partial charge in [0.25, 0.3) is 0 Å². The van der Waals surface area contributed by atoms with Crippen LogP contribution in [0.2, 0.25) is 0 Å². The lowest BCUT2D eigenvalue weighted by Gasteiger charge is -2.30. The molecule has 6 heterocycles. The van der Waals surface area contributed by atoms with Gasteiger partial charge in [-0.2, -0.15) is 0 Å². The number of H-pyrrole nitrogens is 2. The number of carboxylic acid groups (broad SMARTS) is 1. The van der Waals surface area contributed by atoms with Gasteiger partial charge in [0, 0.05) is 105 Å². The number of aliphatic carboxylic acids is 1. The van der Waals surface area contributed by atoms with Crippen molar-refractivity contribution in [2.24, 2.45) is 16.5 Å². The Kier molecular flexibility index (Phi) is 37.4. The maximum absolute atomic E-state index is 15.9. The highest BCUT2D eigenvalue weighted by Crippen LogP contribution is 2.35. The summed E-state index contributed by atoms with van der Waals surface area (Å²) in [4.78, 5) is 289. The summed E-state index contributed by atoms with van der Waals surface area (Å²) in [5, 5.41) is 97.7. The van der Waals surface area contributed by atoms with Crippen molar-refractivity contribution in [1.29, 1.82) is 0 Å². The second-order valence-corrected chi connectivity index (χ2v) is 37.2. The van der Waals surface area contributed by atoms with Crippen molar-refractivity contribution in [2.45, 2.75) is 200 Å². The van der Waals surface area contributed by atoms with Crippen molar-refractivity contribution in [2.75, 3.05) is 38.0 Å². The number of carboxylic acids is 1. The van der Waals surface area contributed by atoms with Crippen LogP contribution in [-0.4, -0.2) is 288 Å². The van der Waals surface area contributed by atoms with Crippen LogP contribution in [-0.2, 0) is 130 Å². The van der Waals surface area contributed by atoms with Crippen LogP contribution in [0.25, 0.3) is 21.8 Å². The van der Waals surface area contributed by atoms with Crippen LogP contribution in [0.4, 0.5) is 5.69 Å². The molecule has 0 radical (unpaired) electrons. The molecule has 0 spiro atoms. The number of primary amides is 2. The number of aromatic nitrogens is 2. The summed E-state index contributed by atoms with van der Waals surface area (Å²) in [6, 6.07) is 20.2. The Morgan fingerprint density at radius 2 is 0.960 bits per heavy atom. The van der Waals surface area contributed by atoms with Gasteiger partial charge in [-0.05, 0) is 115 Å². The van der Waals surface area contributed by atoms with E-state index in [4.69, 9.17) is 11.5 Å². The predicted molar refractivity (Wildman–Crippen MR) is 540 cm³/mol. The number of para-hydroxylation sites is 3. The molecule has 47 nitrogen and oxygen atoms in total. The minimum atomic E-state index is -2.11. The summed E-state index contributed by atoms with van der Waals surface area (Å²) in [6.07, 6.45) is -3.09. The number of carbonyl (C=O) groups is 19. The lowest BCUT2D eigenvalue weighted by molar-refractivity contribution is -0.143. The molecule has 2 saturated heterocycles. The molecule has 9 aromatic rings. The zero-order chi connectivity index (χ0) is 108. The van der Waals surface area contributed by atoms with Gasteiger partial charge < -0.3 is 142 Å². The van der Waals surface area contributed by atoms with Crippen LogP contribution in [0.5, 0.6) is 17.2 Å². The summed E-state index contributed by atoms with van der Waals surface area (Å²) in [6.45, 7) is 0.771. The Hall–Kier alpha value is -17.8. The number of rotatable bonds is 36. The molecule has 4 aliphatic rings. The summed E-state index contributed by atoms with van der Waals surface area (Å²) in [5.41, 5.74) is 15.9. The topological polar surface area (TPSA) is 729 Å². The van der Waals surface area contributed by atoms with E-state index in [-0.39, 0.29) is 86.5 Å². The number of nitrogens with two attached hydrogens (primary N) is 2. The molecule has 47 heteroatoms. The number of aromatic hydroxyl groups is 3. The quantitative estimate of drug-likeness (QED) is 0.0183. The molecule has 28 N–H and O–H groups in total. The van der Waals surface area contributed by atoms with E-state index >= 15 is 33.6 Å². The van der Waals surface area contributed by atoms with Gasteiger partial charge in [-0.25, -0.2) is 4.79 Å². The molecule has 2 fully saturated rings. The van der Waals surface area contributed by atoms with Crippen molar-refractivity contribution in [3.05, 3.63) is 227 Å². The van der Waals surface area contributed by atoms with Gasteiger partial charge in [-0.15, -0.1) is 0 Å². The number of fused-ring (bicyclic) bond motifs is 4.